The maximum atomic E-state index is 5.83. The standard InChI is InChI=1S/C10H9ClN4/c1-6-14-9(5-10(11)15-6)8-4-7(12)2-3-13-8/h2-5H,1H3,(H2,12,13). The molecule has 0 amide bonds. The van der Waals surface area contributed by atoms with E-state index in [2.05, 4.69) is 15.0 Å². The van der Waals surface area contributed by atoms with E-state index in [1.165, 1.54) is 0 Å². The Hall–Kier alpha value is -1.68. The van der Waals surface area contributed by atoms with Gasteiger partial charge in [-0.15, -0.1) is 0 Å². The molecule has 2 N–H and O–H groups in total. The normalized spacial score (nSPS) is 10.3. The number of hydrogen-bond donors (Lipinski definition) is 1. The van der Waals surface area contributed by atoms with Gasteiger partial charge in [-0.1, -0.05) is 11.6 Å². The summed E-state index contributed by atoms with van der Waals surface area (Å²) < 4.78 is 0. The number of anilines is 1. The van der Waals surface area contributed by atoms with Crippen molar-refractivity contribution < 1.29 is 0 Å². The highest BCUT2D eigenvalue weighted by Crippen LogP contribution is 2.19. The molecular formula is C10H9ClN4. The Morgan fingerprint density at radius 3 is 2.67 bits per heavy atom. The van der Waals surface area contributed by atoms with Crippen LogP contribution in [0.25, 0.3) is 11.4 Å². The number of aryl methyl sites for hydroxylation is 1. The number of halogens is 1. The predicted octanol–water partition coefficient (Wildman–Crippen LogP) is 2.08. The Balaban J connectivity index is 2.54. The maximum absolute atomic E-state index is 5.83. The molecule has 0 bridgehead atoms. The number of nitrogen functional groups attached to an aromatic ring is 1. The third-order valence-corrected chi connectivity index (χ3v) is 2.05. The molecule has 0 radical (unpaired) electrons. The van der Waals surface area contributed by atoms with Crippen LogP contribution in [0.5, 0.6) is 0 Å². The molecule has 15 heavy (non-hydrogen) atoms. The molecule has 76 valence electrons. The second-order valence-electron chi connectivity index (χ2n) is 3.10. The van der Waals surface area contributed by atoms with Crippen LogP contribution in [0.15, 0.2) is 24.4 Å². The molecule has 0 aromatic carbocycles. The Bertz CT molecular complexity index is 478. The lowest BCUT2D eigenvalue weighted by Crippen LogP contribution is -1.94. The molecule has 0 unspecified atom stereocenters. The molecule has 0 aliphatic rings. The molecule has 0 saturated heterocycles. The minimum atomic E-state index is 0.404. The highest BCUT2D eigenvalue weighted by molar-refractivity contribution is 6.29. The Morgan fingerprint density at radius 2 is 2.00 bits per heavy atom. The van der Waals surface area contributed by atoms with Crippen LogP contribution in [0.2, 0.25) is 5.15 Å². The largest absolute Gasteiger partial charge is 0.399 e. The molecule has 0 fully saturated rings. The second-order valence-corrected chi connectivity index (χ2v) is 3.48. The van der Waals surface area contributed by atoms with Gasteiger partial charge in [-0.05, 0) is 19.1 Å². The third kappa shape index (κ3) is 2.22. The Kier molecular flexibility index (Phi) is 2.51. The summed E-state index contributed by atoms with van der Waals surface area (Å²) in [6, 6.07) is 5.13. The summed E-state index contributed by atoms with van der Waals surface area (Å²) >= 11 is 5.83. The van der Waals surface area contributed by atoms with Crippen LogP contribution in [0.3, 0.4) is 0 Å². The van der Waals surface area contributed by atoms with E-state index in [1.807, 2.05) is 0 Å². The van der Waals surface area contributed by atoms with Crippen molar-refractivity contribution in [2.75, 3.05) is 5.73 Å². The van der Waals surface area contributed by atoms with Gasteiger partial charge in [0.2, 0.25) is 0 Å². The van der Waals surface area contributed by atoms with Crippen LogP contribution in [0.4, 0.5) is 5.69 Å². The number of rotatable bonds is 1. The van der Waals surface area contributed by atoms with Crippen LogP contribution < -0.4 is 5.73 Å². The van der Waals surface area contributed by atoms with Crippen LogP contribution >= 0.6 is 11.6 Å². The predicted molar refractivity (Wildman–Crippen MR) is 59.4 cm³/mol. The fourth-order valence-corrected chi connectivity index (χ4v) is 1.48. The average Bonchev–Trinajstić information content (AvgIpc) is 2.16. The van der Waals surface area contributed by atoms with E-state index in [0.29, 0.717) is 28.1 Å². The Morgan fingerprint density at radius 1 is 1.20 bits per heavy atom. The number of nitrogens with two attached hydrogens (primary N) is 1. The first-order valence-corrected chi connectivity index (χ1v) is 4.76. The SMILES string of the molecule is Cc1nc(Cl)cc(-c2cc(N)ccn2)n1. The van der Waals surface area contributed by atoms with E-state index < -0.39 is 0 Å². The minimum absolute atomic E-state index is 0.404. The van der Waals surface area contributed by atoms with Gasteiger partial charge in [-0.25, -0.2) is 9.97 Å². The molecule has 2 rings (SSSR count). The zero-order valence-corrected chi connectivity index (χ0v) is 8.86. The molecule has 0 spiro atoms. The monoisotopic (exact) mass is 220 g/mol. The van der Waals surface area contributed by atoms with Crippen molar-refractivity contribution in [2.24, 2.45) is 0 Å². The van der Waals surface area contributed by atoms with Crippen molar-refractivity contribution in [3.63, 3.8) is 0 Å². The number of pyridine rings is 1. The lowest BCUT2D eigenvalue weighted by molar-refractivity contribution is 1.05. The zero-order chi connectivity index (χ0) is 10.8. The maximum Gasteiger partial charge on any atom is 0.133 e. The summed E-state index contributed by atoms with van der Waals surface area (Å²) in [6.07, 6.45) is 1.63. The fraction of sp³-hybridized carbons (Fsp3) is 0.100. The van der Waals surface area contributed by atoms with Crippen molar-refractivity contribution >= 4 is 17.3 Å². The third-order valence-electron chi connectivity index (χ3n) is 1.85. The summed E-state index contributed by atoms with van der Waals surface area (Å²) in [7, 11) is 0. The molecule has 0 aliphatic carbocycles. The van der Waals surface area contributed by atoms with E-state index in [1.54, 1.807) is 31.3 Å². The first kappa shape index (κ1) is 9.86. The van der Waals surface area contributed by atoms with Crippen molar-refractivity contribution in [3.05, 3.63) is 35.4 Å². The molecule has 0 aliphatic heterocycles. The first-order valence-electron chi connectivity index (χ1n) is 4.38. The quantitative estimate of drug-likeness (QED) is 0.748. The van der Waals surface area contributed by atoms with E-state index in [0.717, 1.165) is 0 Å². The molecule has 0 atom stereocenters. The highest BCUT2D eigenvalue weighted by Gasteiger charge is 2.04. The van der Waals surface area contributed by atoms with Crippen LogP contribution in [0, 0.1) is 6.92 Å². The summed E-state index contributed by atoms with van der Waals surface area (Å²) in [5.41, 5.74) is 7.68. The lowest BCUT2D eigenvalue weighted by atomic mass is 10.2. The lowest BCUT2D eigenvalue weighted by Gasteiger charge is -2.02. The first-order chi connectivity index (χ1) is 7.15. The van der Waals surface area contributed by atoms with E-state index in [-0.39, 0.29) is 0 Å². The van der Waals surface area contributed by atoms with Crippen molar-refractivity contribution in [3.8, 4) is 11.4 Å². The van der Waals surface area contributed by atoms with Crippen molar-refractivity contribution in [1.29, 1.82) is 0 Å². The number of nitrogens with zero attached hydrogens (tertiary/aromatic N) is 3. The van der Waals surface area contributed by atoms with E-state index in [9.17, 15) is 0 Å². The molecule has 5 heteroatoms. The van der Waals surface area contributed by atoms with Crippen molar-refractivity contribution in [1.82, 2.24) is 15.0 Å². The topological polar surface area (TPSA) is 64.7 Å². The number of aromatic nitrogens is 3. The summed E-state index contributed by atoms with van der Waals surface area (Å²) in [6.45, 7) is 1.78. The molecule has 4 nitrogen and oxygen atoms in total. The fourth-order valence-electron chi connectivity index (χ4n) is 1.25. The number of hydrogen-bond acceptors (Lipinski definition) is 4. The summed E-state index contributed by atoms with van der Waals surface area (Å²) in [4.78, 5) is 12.4. The van der Waals surface area contributed by atoms with Gasteiger partial charge < -0.3 is 5.73 Å². The van der Waals surface area contributed by atoms with Crippen LogP contribution in [-0.4, -0.2) is 15.0 Å². The van der Waals surface area contributed by atoms with Gasteiger partial charge in [-0.2, -0.15) is 0 Å². The van der Waals surface area contributed by atoms with Gasteiger partial charge in [-0.3, -0.25) is 4.98 Å². The van der Waals surface area contributed by atoms with Gasteiger partial charge in [0.25, 0.3) is 0 Å². The van der Waals surface area contributed by atoms with Gasteiger partial charge in [0.15, 0.2) is 0 Å². The molecular weight excluding hydrogens is 212 g/mol. The van der Waals surface area contributed by atoms with Gasteiger partial charge in [0.05, 0.1) is 11.4 Å². The van der Waals surface area contributed by atoms with Crippen LogP contribution in [0.1, 0.15) is 5.82 Å². The molecule has 2 aromatic rings. The minimum Gasteiger partial charge on any atom is -0.399 e. The molecule has 0 saturated carbocycles. The smallest absolute Gasteiger partial charge is 0.133 e. The summed E-state index contributed by atoms with van der Waals surface area (Å²) in [5, 5.41) is 0.404. The van der Waals surface area contributed by atoms with E-state index >= 15 is 0 Å². The second kappa shape index (κ2) is 3.82. The van der Waals surface area contributed by atoms with Gasteiger partial charge in [0.1, 0.15) is 11.0 Å². The zero-order valence-electron chi connectivity index (χ0n) is 8.11. The molecule has 2 aromatic heterocycles. The van der Waals surface area contributed by atoms with Crippen LogP contribution in [-0.2, 0) is 0 Å². The highest BCUT2D eigenvalue weighted by atomic mass is 35.5. The van der Waals surface area contributed by atoms with Gasteiger partial charge in [0, 0.05) is 18.0 Å². The van der Waals surface area contributed by atoms with E-state index in [4.69, 9.17) is 17.3 Å². The van der Waals surface area contributed by atoms with Crippen molar-refractivity contribution in [2.45, 2.75) is 6.92 Å². The Labute approximate surface area is 92.2 Å². The average molecular weight is 221 g/mol. The van der Waals surface area contributed by atoms with Gasteiger partial charge >= 0.3 is 0 Å². The molecule has 2 heterocycles. The summed E-state index contributed by atoms with van der Waals surface area (Å²) in [5.74, 6) is 0.613.